The minimum atomic E-state index is -6.10. The van der Waals surface area contributed by atoms with E-state index < -0.39 is 20.1 Å². The molecule has 0 bridgehead atoms. The van der Waals surface area contributed by atoms with Crippen LogP contribution in [0.15, 0.2) is 0 Å². The van der Waals surface area contributed by atoms with Gasteiger partial charge >= 0.3 is 71.0 Å². The molecule has 0 atom stereocenters. The molecule has 0 fully saturated rings. The van der Waals surface area contributed by atoms with Gasteiger partial charge in [0.15, 0.2) is 0 Å². The summed E-state index contributed by atoms with van der Waals surface area (Å²) in [5, 5.41) is 0. The zero-order chi connectivity index (χ0) is 4.50. The fourth-order valence-corrected chi connectivity index (χ4v) is 0. The summed E-state index contributed by atoms with van der Waals surface area (Å²) < 4.78 is 34.6. The predicted molar refractivity (Wildman–Crippen MR) is 17.9 cm³/mol. The Morgan fingerprint density at radius 3 is 1.14 bits per heavy atom. The van der Waals surface area contributed by atoms with Gasteiger partial charge in [-0.05, 0) is 0 Å². The summed E-state index contributed by atoms with van der Waals surface area (Å²) in [5.41, 5.74) is 0. The van der Waals surface area contributed by atoms with Crippen molar-refractivity contribution in [3.05, 3.63) is 0 Å². The van der Waals surface area contributed by atoms with E-state index in [1.165, 1.54) is 0 Å². The summed E-state index contributed by atoms with van der Waals surface area (Å²) in [6, 6.07) is 0. The van der Waals surface area contributed by atoms with Gasteiger partial charge < -0.3 is 0 Å². The molecular weight excluding hydrogens is 330 g/mol. The molecular formula is AsGaO4Sb+3. The van der Waals surface area contributed by atoms with Crippen LogP contribution in [0.4, 0.5) is 0 Å². The zero-order valence-corrected chi connectivity index (χ0v) is 9.96. The van der Waals surface area contributed by atoms with Crippen molar-refractivity contribution in [2.24, 2.45) is 0 Å². The molecule has 0 aromatic carbocycles. The third-order valence-electron chi connectivity index (χ3n) is 0. The Bertz CT molecular complexity index is 57.8. The van der Waals surface area contributed by atoms with Gasteiger partial charge in [-0.15, -0.1) is 0 Å². The van der Waals surface area contributed by atoms with Crippen LogP contribution >= 0.6 is 0 Å². The molecule has 34 valence electrons. The van der Waals surface area contributed by atoms with Crippen LogP contribution < -0.4 is 10.2 Å². The number of hydrogen-bond donors (Lipinski definition) is 0. The standard InChI is InChI=1S/As.Ga.4O.Sb/q2*+3;;3*-1;. The molecule has 0 saturated heterocycles. The Hall–Kier alpha value is 1.69. The molecule has 0 heterocycles. The molecule has 0 aliphatic rings. The van der Waals surface area contributed by atoms with Crippen molar-refractivity contribution in [2.45, 2.75) is 0 Å². The summed E-state index contributed by atoms with van der Waals surface area (Å²) in [4.78, 5) is 0. The molecule has 2 radical (unpaired) electrons. The molecule has 0 N–H and O–H groups in total. The van der Waals surface area contributed by atoms with Gasteiger partial charge in [0.2, 0.25) is 0 Å². The summed E-state index contributed by atoms with van der Waals surface area (Å²) in [5.74, 6) is 0. The van der Waals surface area contributed by atoms with E-state index >= 15 is 0 Å². The zero-order valence-electron chi connectivity index (χ0n) is 3.10. The van der Waals surface area contributed by atoms with E-state index in [1.54, 1.807) is 0 Å². The molecule has 0 rings (SSSR count). The Balaban J connectivity index is -0.0000000800. The first kappa shape index (κ1) is 15.9. The first-order valence-electron chi connectivity index (χ1n) is 0.730. The molecule has 4 nitrogen and oxygen atoms in total. The van der Waals surface area contributed by atoms with E-state index in [4.69, 9.17) is 13.2 Å². The first-order chi connectivity index (χ1) is 2.00. The van der Waals surface area contributed by atoms with Gasteiger partial charge in [-0.2, -0.15) is 0 Å². The molecule has 7 heteroatoms. The predicted octanol–water partition coefficient (Wildman–Crippen LogP) is -4.83. The fourth-order valence-electron chi connectivity index (χ4n) is 0. The van der Waals surface area contributed by atoms with Crippen LogP contribution in [0, 0.1) is 0 Å². The summed E-state index contributed by atoms with van der Waals surface area (Å²) in [6.07, 6.45) is 0. The molecule has 0 aliphatic heterocycles. The van der Waals surface area contributed by atoms with Gasteiger partial charge in [0.05, 0.1) is 0 Å². The summed E-state index contributed by atoms with van der Waals surface area (Å²) in [6.45, 7) is 0. The van der Waals surface area contributed by atoms with Gasteiger partial charge in [0.1, 0.15) is 0 Å². The van der Waals surface area contributed by atoms with E-state index in [0.717, 1.165) is 0 Å². The van der Waals surface area contributed by atoms with Gasteiger partial charge in [-0.3, -0.25) is 0 Å². The van der Waals surface area contributed by atoms with Crippen molar-refractivity contribution >= 4 is 57.8 Å². The SMILES string of the molecule is [As+3].[Ga+3].[O]=[Sb]([O-])([O-])[O-]. The Morgan fingerprint density at radius 1 is 1.14 bits per heavy atom. The van der Waals surface area contributed by atoms with Crippen molar-refractivity contribution in [3.8, 4) is 0 Å². The number of rotatable bonds is 0. The van der Waals surface area contributed by atoms with Crippen LogP contribution in [0.3, 0.4) is 0 Å². The normalized spacial score (nSPS) is 8.43. The van der Waals surface area contributed by atoms with Crippen LogP contribution in [-0.2, 0) is 3.02 Å². The van der Waals surface area contributed by atoms with Crippen LogP contribution in [0.5, 0.6) is 0 Å². The summed E-state index contributed by atoms with van der Waals surface area (Å²) in [7, 11) is 0. The van der Waals surface area contributed by atoms with Crippen LogP contribution in [0.25, 0.3) is 0 Å². The molecule has 0 unspecified atom stereocenters. The Labute approximate surface area is 70.4 Å². The second-order valence-corrected chi connectivity index (χ2v) is 3.00. The maximum atomic E-state index is 8.64. The quantitative estimate of drug-likeness (QED) is 0.417. The molecule has 7 heavy (non-hydrogen) atoms. The van der Waals surface area contributed by atoms with E-state index in [0.29, 0.717) is 0 Å². The molecule has 0 saturated carbocycles. The molecule has 0 aromatic rings. The fraction of sp³-hybridized carbons (Fsp3) is 0. The monoisotopic (exact) mass is 329 g/mol. The first-order valence-corrected chi connectivity index (χ1v) is 4.90. The van der Waals surface area contributed by atoms with Crippen molar-refractivity contribution < 1.29 is 13.2 Å². The van der Waals surface area contributed by atoms with Gasteiger partial charge in [0.25, 0.3) is 0 Å². The van der Waals surface area contributed by atoms with Crippen LogP contribution in [-0.4, -0.2) is 57.8 Å². The molecule has 0 spiro atoms. The van der Waals surface area contributed by atoms with Crippen molar-refractivity contribution in [1.82, 2.24) is 0 Å². The molecule has 0 amide bonds. The average Bonchev–Trinajstić information content (AvgIpc) is 0.722. The third kappa shape index (κ3) is 87.0. The third-order valence-corrected chi connectivity index (χ3v) is 0. The van der Waals surface area contributed by atoms with E-state index in [9.17, 15) is 0 Å². The van der Waals surface area contributed by atoms with E-state index in [-0.39, 0.29) is 37.7 Å². The van der Waals surface area contributed by atoms with Crippen molar-refractivity contribution in [2.75, 3.05) is 0 Å². The minimum absolute atomic E-state index is 0. The van der Waals surface area contributed by atoms with Crippen molar-refractivity contribution in [3.63, 3.8) is 0 Å². The Morgan fingerprint density at radius 2 is 1.14 bits per heavy atom. The van der Waals surface area contributed by atoms with Crippen LogP contribution in [0.1, 0.15) is 0 Å². The molecule has 0 aliphatic carbocycles. The van der Waals surface area contributed by atoms with Gasteiger partial charge in [-0.25, -0.2) is 0 Å². The second-order valence-electron chi connectivity index (χ2n) is 0.447. The number of hydrogen-bond acceptors (Lipinski definition) is 4. The van der Waals surface area contributed by atoms with Crippen LogP contribution in [0.2, 0.25) is 0 Å². The summed E-state index contributed by atoms with van der Waals surface area (Å²) >= 11 is -6.10. The van der Waals surface area contributed by atoms with Gasteiger partial charge in [-0.1, -0.05) is 0 Å². The van der Waals surface area contributed by atoms with Crippen molar-refractivity contribution in [1.29, 1.82) is 0 Å². The van der Waals surface area contributed by atoms with Gasteiger partial charge in [0, 0.05) is 0 Å². The topological polar surface area (TPSA) is 86.2 Å². The molecule has 0 aromatic heterocycles. The average molecular weight is 330 g/mol. The van der Waals surface area contributed by atoms with E-state index in [1.807, 2.05) is 0 Å². The van der Waals surface area contributed by atoms with E-state index in [2.05, 4.69) is 0 Å². The Kier molecular flexibility index (Phi) is 13.2. The maximum absolute atomic E-state index is 8.64. The second kappa shape index (κ2) is 5.82.